The van der Waals surface area contributed by atoms with Gasteiger partial charge in [0.2, 0.25) is 0 Å². The molecule has 1 aromatic heterocycles. The number of rotatable bonds is 2. The third-order valence-corrected chi connectivity index (χ3v) is 3.10. The lowest BCUT2D eigenvalue weighted by Crippen LogP contribution is -2.08. The number of hydrogen-bond donors (Lipinski definition) is 0. The van der Waals surface area contributed by atoms with E-state index in [1.54, 1.807) is 0 Å². The second-order valence-corrected chi connectivity index (χ2v) is 4.62. The molecule has 0 saturated heterocycles. The molecule has 0 aliphatic heterocycles. The van der Waals surface area contributed by atoms with Crippen LogP contribution in [-0.4, -0.2) is 18.1 Å². The Balaban J connectivity index is 2.49. The Bertz CT molecular complexity index is 731. The molecule has 0 radical (unpaired) electrons. The van der Waals surface area contributed by atoms with Crippen molar-refractivity contribution >= 4 is 17.6 Å². The molecule has 0 atom stereocenters. The quantitative estimate of drug-likeness (QED) is 0.606. The standard InChI is InChI=1S/C14H8ClF4NO2/c1-22-13(21)12-9(15)4-5-11(20-12)7-2-3-8(10(16)6-7)14(17,18)19/h2-6H,1H3. The van der Waals surface area contributed by atoms with E-state index in [2.05, 4.69) is 9.72 Å². The van der Waals surface area contributed by atoms with Gasteiger partial charge in [-0.05, 0) is 24.3 Å². The van der Waals surface area contributed by atoms with Gasteiger partial charge in [-0.2, -0.15) is 13.2 Å². The van der Waals surface area contributed by atoms with Crippen LogP contribution in [0.4, 0.5) is 17.6 Å². The van der Waals surface area contributed by atoms with Crippen LogP contribution in [0.2, 0.25) is 5.02 Å². The van der Waals surface area contributed by atoms with Crippen molar-refractivity contribution in [2.45, 2.75) is 6.18 Å². The SMILES string of the molecule is COC(=O)c1nc(-c2ccc(C(F)(F)F)c(F)c2)ccc1Cl. The first-order valence-corrected chi connectivity index (χ1v) is 6.24. The number of halogens is 5. The summed E-state index contributed by atoms with van der Waals surface area (Å²) in [7, 11) is 1.13. The molecule has 116 valence electrons. The minimum Gasteiger partial charge on any atom is -0.464 e. The van der Waals surface area contributed by atoms with E-state index in [-0.39, 0.29) is 22.0 Å². The monoisotopic (exact) mass is 333 g/mol. The predicted molar refractivity (Wildman–Crippen MR) is 71.0 cm³/mol. The van der Waals surface area contributed by atoms with Crippen LogP contribution in [0, 0.1) is 5.82 Å². The summed E-state index contributed by atoms with van der Waals surface area (Å²) in [5, 5.41) is 0.0167. The van der Waals surface area contributed by atoms with E-state index in [1.165, 1.54) is 12.1 Å². The third-order valence-electron chi connectivity index (χ3n) is 2.80. The minimum atomic E-state index is -4.78. The van der Waals surface area contributed by atoms with Gasteiger partial charge in [0.15, 0.2) is 5.69 Å². The Morgan fingerprint density at radius 3 is 2.45 bits per heavy atom. The Hall–Kier alpha value is -2.15. The number of carbonyl (C=O) groups is 1. The van der Waals surface area contributed by atoms with Gasteiger partial charge in [0, 0.05) is 5.56 Å². The molecule has 3 nitrogen and oxygen atoms in total. The molecular weight excluding hydrogens is 326 g/mol. The van der Waals surface area contributed by atoms with Gasteiger partial charge in [-0.3, -0.25) is 0 Å². The van der Waals surface area contributed by atoms with E-state index in [4.69, 9.17) is 11.6 Å². The first kappa shape index (κ1) is 16.2. The number of pyridine rings is 1. The maximum absolute atomic E-state index is 13.6. The van der Waals surface area contributed by atoms with Gasteiger partial charge in [-0.15, -0.1) is 0 Å². The molecular formula is C14H8ClF4NO2. The van der Waals surface area contributed by atoms with Crippen LogP contribution < -0.4 is 0 Å². The summed E-state index contributed by atoms with van der Waals surface area (Å²) in [5.74, 6) is -2.24. The molecule has 2 rings (SSSR count). The summed E-state index contributed by atoms with van der Waals surface area (Å²) in [6, 6.07) is 5.05. The van der Waals surface area contributed by atoms with Crippen molar-refractivity contribution in [1.82, 2.24) is 4.98 Å². The second-order valence-electron chi connectivity index (χ2n) is 4.21. The molecule has 2 aromatic rings. The minimum absolute atomic E-state index is 0.0167. The molecule has 0 N–H and O–H groups in total. The first-order chi connectivity index (χ1) is 10.2. The van der Waals surface area contributed by atoms with Crippen molar-refractivity contribution in [3.63, 3.8) is 0 Å². The lowest BCUT2D eigenvalue weighted by molar-refractivity contribution is -0.139. The summed E-state index contributed by atoms with van der Waals surface area (Å²) in [5.41, 5.74) is -1.41. The number of ether oxygens (including phenoxy) is 1. The number of esters is 1. The van der Waals surface area contributed by atoms with E-state index < -0.39 is 23.5 Å². The van der Waals surface area contributed by atoms with E-state index >= 15 is 0 Å². The van der Waals surface area contributed by atoms with Gasteiger partial charge in [-0.25, -0.2) is 14.2 Å². The number of methoxy groups -OCH3 is 1. The summed E-state index contributed by atoms with van der Waals surface area (Å²) in [6.07, 6.45) is -4.78. The van der Waals surface area contributed by atoms with E-state index in [1.807, 2.05) is 0 Å². The number of hydrogen-bond acceptors (Lipinski definition) is 3. The number of alkyl halides is 3. The molecule has 0 fully saturated rings. The van der Waals surface area contributed by atoms with Crippen LogP contribution in [0.15, 0.2) is 30.3 Å². The number of benzene rings is 1. The maximum atomic E-state index is 13.6. The average molecular weight is 334 g/mol. The molecule has 1 heterocycles. The van der Waals surface area contributed by atoms with Crippen LogP contribution in [0.1, 0.15) is 16.1 Å². The van der Waals surface area contributed by atoms with Crippen molar-refractivity contribution < 1.29 is 27.1 Å². The highest BCUT2D eigenvalue weighted by atomic mass is 35.5. The molecule has 0 unspecified atom stereocenters. The van der Waals surface area contributed by atoms with Gasteiger partial charge >= 0.3 is 12.1 Å². The van der Waals surface area contributed by atoms with E-state index in [9.17, 15) is 22.4 Å². The smallest absolute Gasteiger partial charge is 0.419 e. The van der Waals surface area contributed by atoms with Crippen LogP contribution in [-0.2, 0) is 10.9 Å². The van der Waals surface area contributed by atoms with Crippen LogP contribution in [0.3, 0.4) is 0 Å². The molecule has 0 spiro atoms. The number of aromatic nitrogens is 1. The summed E-state index contributed by atoms with van der Waals surface area (Å²) >= 11 is 5.79. The molecule has 8 heteroatoms. The van der Waals surface area contributed by atoms with Gasteiger partial charge in [-0.1, -0.05) is 17.7 Å². The zero-order chi connectivity index (χ0) is 16.5. The van der Waals surface area contributed by atoms with E-state index in [0.717, 1.165) is 13.2 Å². The Morgan fingerprint density at radius 2 is 1.91 bits per heavy atom. The van der Waals surface area contributed by atoms with Crippen molar-refractivity contribution in [3.05, 3.63) is 52.4 Å². The van der Waals surface area contributed by atoms with Crippen LogP contribution >= 0.6 is 11.6 Å². The second kappa shape index (κ2) is 5.92. The summed E-state index contributed by atoms with van der Waals surface area (Å²) in [6.45, 7) is 0. The maximum Gasteiger partial charge on any atom is 0.419 e. The molecule has 22 heavy (non-hydrogen) atoms. The first-order valence-electron chi connectivity index (χ1n) is 5.86. The van der Waals surface area contributed by atoms with E-state index in [0.29, 0.717) is 12.1 Å². The Labute approximate surface area is 127 Å². The lowest BCUT2D eigenvalue weighted by Gasteiger charge is -2.10. The van der Waals surface area contributed by atoms with Crippen molar-refractivity contribution in [2.24, 2.45) is 0 Å². The molecule has 0 aliphatic carbocycles. The highest BCUT2D eigenvalue weighted by Crippen LogP contribution is 2.33. The fourth-order valence-corrected chi connectivity index (χ4v) is 1.93. The largest absolute Gasteiger partial charge is 0.464 e. The van der Waals surface area contributed by atoms with Gasteiger partial charge in [0.05, 0.1) is 23.4 Å². The third kappa shape index (κ3) is 3.19. The predicted octanol–water partition coefficient (Wildman–Crippen LogP) is 4.35. The highest BCUT2D eigenvalue weighted by molar-refractivity contribution is 6.33. The van der Waals surface area contributed by atoms with Crippen molar-refractivity contribution in [1.29, 1.82) is 0 Å². The van der Waals surface area contributed by atoms with Gasteiger partial charge < -0.3 is 4.74 Å². The van der Waals surface area contributed by atoms with Crippen molar-refractivity contribution in [3.8, 4) is 11.3 Å². The summed E-state index contributed by atoms with van der Waals surface area (Å²) < 4.78 is 55.6. The molecule has 0 aliphatic rings. The topological polar surface area (TPSA) is 39.2 Å². The zero-order valence-electron chi connectivity index (χ0n) is 11.0. The van der Waals surface area contributed by atoms with Crippen molar-refractivity contribution in [2.75, 3.05) is 7.11 Å². The fraction of sp³-hybridized carbons (Fsp3) is 0.143. The van der Waals surface area contributed by atoms with Crippen LogP contribution in [0.25, 0.3) is 11.3 Å². The molecule has 0 bridgehead atoms. The normalized spacial score (nSPS) is 11.4. The Morgan fingerprint density at radius 1 is 1.23 bits per heavy atom. The number of carbonyl (C=O) groups excluding carboxylic acids is 1. The zero-order valence-corrected chi connectivity index (χ0v) is 11.8. The highest BCUT2D eigenvalue weighted by Gasteiger charge is 2.34. The summed E-state index contributed by atoms with van der Waals surface area (Å²) in [4.78, 5) is 15.4. The fourth-order valence-electron chi connectivity index (χ4n) is 1.75. The van der Waals surface area contributed by atoms with Crippen LogP contribution in [0.5, 0.6) is 0 Å². The van der Waals surface area contributed by atoms with Gasteiger partial charge in [0.25, 0.3) is 0 Å². The Kier molecular flexibility index (Phi) is 4.37. The molecule has 0 amide bonds. The average Bonchev–Trinajstić information content (AvgIpc) is 2.45. The molecule has 0 saturated carbocycles. The molecule has 1 aromatic carbocycles. The number of nitrogens with zero attached hydrogens (tertiary/aromatic N) is 1. The van der Waals surface area contributed by atoms with Gasteiger partial charge in [0.1, 0.15) is 5.82 Å². The lowest BCUT2D eigenvalue weighted by atomic mass is 10.1.